The Bertz CT molecular complexity index is 896. The molecule has 0 bridgehead atoms. The van der Waals surface area contributed by atoms with Crippen molar-refractivity contribution < 1.29 is 22.7 Å². The zero-order valence-electron chi connectivity index (χ0n) is 17.2. The van der Waals surface area contributed by atoms with Crippen LogP contribution in [0.25, 0.3) is 0 Å². The summed E-state index contributed by atoms with van der Waals surface area (Å²) in [6.45, 7) is 4.43. The van der Waals surface area contributed by atoms with Crippen molar-refractivity contribution in [3.8, 4) is 11.5 Å². The number of rotatable bonds is 10. The van der Waals surface area contributed by atoms with Crippen molar-refractivity contribution in [3.63, 3.8) is 0 Å². The lowest BCUT2D eigenvalue weighted by Crippen LogP contribution is -2.32. The van der Waals surface area contributed by atoms with Crippen LogP contribution in [0.2, 0.25) is 0 Å². The van der Waals surface area contributed by atoms with Gasteiger partial charge in [-0.2, -0.15) is 0 Å². The number of carbonyl (C=O) groups excluding carboxylic acids is 1. The first-order chi connectivity index (χ1) is 13.8. The molecule has 0 saturated heterocycles. The average Bonchev–Trinajstić information content (AvgIpc) is 2.73. The molecule has 0 fully saturated rings. The van der Waals surface area contributed by atoms with Gasteiger partial charge in [-0.1, -0.05) is 6.92 Å². The smallest absolute Gasteiger partial charge is 0.253 e. The van der Waals surface area contributed by atoms with Gasteiger partial charge in [0.05, 0.1) is 18.6 Å². The van der Waals surface area contributed by atoms with E-state index in [2.05, 4.69) is 4.72 Å². The molecule has 0 aliphatic carbocycles. The Labute approximate surface area is 172 Å². The van der Waals surface area contributed by atoms with Crippen molar-refractivity contribution in [2.75, 3.05) is 27.3 Å². The van der Waals surface area contributed by atoms with Gasteiger partial charge in [0.15, 0.2) is 0 Å². The number of ether oxygens (including phenoxy) is 2. The quantitative estimate of drug-likeness (QED) is 0.639. The van der Waals surface area contributed by atoms with Crippen molar-refractivity contribution in [2.24, 2.45) is 0 Å². The van der Waals surface area contributed by atoms with E-state index in [1.807, 2.05) is 6.92 Å². The van der Waals surface area contributed by atoms with Crippen molar-refractivity contribution in [1.29, 1.82) is 0 Å². The highest BCUT2D eigenvalue weighted by Gasteiger charge is 2.18. The normalized spacial score (nSPS) is 12.3. The van der Waals surface area contributed by atoms with Crippen LogP contribution in [0.3, 0.4) is 0 Å². The Morgan fingerprint density at radius 3 is 2.21 bits per heavy atom. The van der Waals surface area contributed by atoms with Gasteiger partial charge in [-0.15, -0.1) is 0 Å². The van der Waals surface area contributed by atoms with E-state index in [0.717, 1.165) is 5.75 Å². The van der Waals surface area contributed by atoms with Gasteiger partial charge in [0, 0.05) is 18.7 Å². The fraction of sp³-hybridized carbons (Fsp3) is 0.381. The summed E-state index contributed by atoms with van der Waals surface area (Å²) in [5.41, 5.74) is 0.416. The summed E-state index contributed by atoms with van der Waals surface area (Å²) in [6, 6.07) is 13.0. The van der Waals surface area contributed by atoms with Crippen molar-refractivity contribution in [2.45, 2.75) is 31.2 Å². The Balaban J connectivity index is 1.91. The Morgan fingerprint density at radius 1 is 1.07 bits per heavy atom. The van der Waals surface area contributed by atoms with Gasteiger partial charge >= 0.3 is 0 Å². The molecule has 0 spiro atoms. The molecule has 0 aliphatic heterocycles. The number of methoxy groups -OCH3 is 1. The van der Waals surface area contributed by atoms with E-state index in [9.17, 15) is 13.2 Å². The molecule has 2 aromatic carbocycles. The van der Waals surface area contributed by atoms with E-state index >= 15 is 0 Å². The fourth-order valence-electron chi connectivity index (χ4n) is 2.49. The van der Waals surface area contributed by atoms with Crippen LogP contribution in [0.5, 0.6) is 11.5 Å². The monoisotopic (exact) mass is 420 g/mol. The number of carbonyl (C=O) groups is 1. The summed E-state index contributed by atoms with van der Waals surface area (Å²) >= 11 is 0. The zero-order valence-corrected chi connectivity index (χ0v) is 18.0. The number of sulfonamides is 1. The minimum Gasteiger partial charge on any atom is -0.497 e. The lowest BCUT2D eigenvalue weighted by Gasteiger charge is -2.18. The summed E-state index contributed by atoms with van der Waals surface area (Å²) in [4.78, 5) is 14.2. The first kappa shape index (κ1) is 22.7. The Kier molecular flexibility index (Phi) is 8.04. The van der Waals surface area contributed by atoms with E-state index in [1.54, 1.807) is 45.3 Å². The highest BCUT2D eigenvalue weighted by molar-refractivity contribution is 7.89. The van der Waals surface area contributed by atoms with Crippen LogP contribution >= 0.6 is 0 Å². The van der Waals surface area contributed by atoms with E-state index in [1.165, 1.54) is 29.2 Å². The number of amides is 1. The number of likely N-dealkylation sites (N-methyl/N-ethyl adjacent to an activating group) is 1. The second-order valence-electron chi connectivity index (χ2n) is 6.71. The molecular formula is C21H28N2O5S. The second-order valence-corrected chi connectivity index (χ2v) is 8.42. The summed E-state index contributed by atoms with van der Waals surface area (Å²) in [5, 5.41) is 0. The van der Waals surface area contributed by atoms with Gasteiger partial charge in [-0.25, -0.2) is 13.1 Å². The van der Waals surface area contributed by atoms with E-state index in [0.29, 0.717) is 30.9 Å². The predicted molar refractivity (Wildman–Crippen MR) is 112 cm³/mol. The van der Waals surface area contributed by atoms with Gasteiger partial charge in [0.25, 0.3) is 5.91 Å². The summed E-state index contributed by atoms with van der Waals surface area (Å²) in [6.07, 6.45) is 0.694. The number of benzene rings is 2. The number of nitrogens with one attached hydrogen (secondary N) is 1. The molecule has 0 aromatic heterocycles. The molecule has 8 heteroatoms. The first-order valence-corrected chi connectivity index (χ1v) is 10.9. The van der Waals surface area contributed by atoms with Gasteiger partial charge in [-0.3, -0.25) is 4.79 Å². The maximum atomic E-state index is 12.5. The maximum absolute atomic E-state index is 12.5. The van der Waals surface area contributed by atoms with E-state index < -0.39 is 10.0 Å². The summed E-state index contributed by atoms with van der Waals surface area (Å²) in [7, 11) is -0.315. The highest BCUT2D eigenvalue weighted by atomic mass is 32.2. The molecular weight excluding hydrogens is 392 g/mol. The van der Waals surface area contributed by atoms with E-state index in [-0.39, 0.29) is 16.8 Å². The highest BCUT2D eigenvalue weighted by Crippen LogP contribution is 2.17. The van der Waals surface area contributed by atoms with Crippen molar-refractivity contribution >= 4 is 15.9 Å². The molecule has 7 nitrogen and oxygen atoms in total. The minimum atomic E-state index is -3.59. The molecule has 0 saturated carbocycles. The van der Waals surface area contributed by atoms with Gasteiger partial charge < -0.3 is 14.4 Å². The third kappa shape index (κ3) is 6.47. The topological polar surface area (TPSA) is 84.9 Å². The van der Waals surface area contributed by atoms with Crippen LogP contribution in [0.15, 0.2) is 53.4 Å². The standard InChI is InChI=1S/C21H28N2O5S/c1-5-16(2)22-29(25,26)20-12-6-17(7-13-20)21(24)23(3)14-15-28-19-10-8-18(27-4)9-11-19/h6-13,16,22H,5,14-15H2,1-4H3. The second kappa shape index (κ2) is 10.3. The maximum Gasteiger partial charge on any atom is 0.253 e. The lowest BCUT2D eigenvalue weighted by atomic mass is 10.2. The molecule has 0 radical (unpaired) electrons. The number of hydrogen-bond acceptors (Lipinski definition) is 5. The molecule has 158 valence electrons. The van der Waals surface area contributed by atoms with Crippen LogP contribution in [-0.4, -0.2) is 52.6 Å². The predicted octanol–water partition coefficient (Wildman–Crippen LogP) is 2.92. The van der Waals surface area contributed by atoms with Crippen LogP contribution in [-0.2, 0) is 10.0 Å². The molecule has 1 N–H and O–H groups in total. The van der Waals surface area contributed by atoms with Crippen LogP contribution < -0.4 is 14.2 Å². The molecule has 1 amide bonds. The largest absolute Gasteiger partial charge is 0.497 e. The molecule has 29 heavy (non-hydrogen) atoms. The molecule has 1 unspecified atom stereocenters. The van der Waals surface area contributed by atoms with Gasteiger partial charge in [0.1, 0.15) is 18.1 Å². The lowest BCUT2D eigenvalue weighted by molar-refractivity contribution is 0.0773. The Morgan fingerprint density at radius 2 is 1.66 bits per heavy atom. The third-order valence-corrected chi connectivity index (χ3v) is 6.09. The van der Waals surface area contributed by atoms with Gasteiger partial charge in [-0.05, 0) is 61.9 Å². The molecule has 0 aliphatic rings. The SMILES string of the molecule is CCC(C)NS(=O)(=O)c1ccc(C(=O)N(C)CCOc2ccc(OC)cc2)cc1. The van der Waals surface area contributed by atoms with E-state index in [4.69, 9.17) is 9.47 Å². The van der Waals surface area contributed by atoms with Crippen molar-refractivity contribution in [1.82, 2.24) is 9.62 Å². The molecule has 1 atom stereocenters. The number of hydrogen-bond donors (Lipinski definition) is 1. The van der Waals surface area contributed by atoms with Crippen LogP contribution in [0, 0.1) is 0 Å². The molecule has 2 rings (SSSR count). The average molecular weight is 421 g/mol. The first-order valence-electron chi connectivity index (χ1n) is 9.41. The molecule has 0 heterocycles. The third-order valence-electron chi connectivity index (χ3n) is 4.48. The molecule has 2 aromatic rings. The fourth-order valence-corrected chi connectivity index (χ4v) is 3.81. The zero-order chi connectivity index (χ0) is 21.4. The summed E-state index contributed by atoms with van der Waals surface area (Å²) < 4.78 is 37.9. The van der Waals surface area contributed by atoms with Crippen molar-refractivity contribution in [3.05, 3.63) is 54.1 Å². The Hall–Kier alpha value is -2.58. The minimum absolute atomic E-state index is 0.139. The summed E-state index contributed by atoms with van der Waals surface area (Å²) in [5.74, 6) is 1.23. The van der Waals surface area contributed by atoms with Gasteiger partial charge in [0.2, 0.25) is 10.0 Å². The van der Waals surface area contributed by atoms with Crippen LogP contribution in [0.4, 0.5) is 0 Å². The van der Waals surface area contributed by atoms with Crippen LogP contribution in [0.1, 0.15) is 30.6 Å². The number of nitrogens with zero attached hydrogens (tertiary/aromatic N) is 1.